The van der Waals surface area contributed by atoms with E-state index >= 15 is 0 Å². The van der Waals surface area contributed by atoms with Gasteiger partial charge in [0.25, 0.3) is 0 Å². The summed E-state index contributed by atoms with van der Waals surface area (Å²) in [6, 6.07) is 3.91. The normalized spacial score (nSPS) is 16.1. The van der Waals surface area contributed by atoms with Crippen LogP contribution in [0, 0.1) is 0 Å². The number of ether oxygens (including phenoxy) is 1. The maximum atomic E-state index is 5.85. The summed E-state index contributed by atoms with van der Waals surface area (Å²) in [5, 5.41) is 3.97. The second-order valence-electron chi connectivity index (χ2n) is 5.77. The minimum absolute atomic E-state index is 0.210. The molecule has 0 unspecified atom stereocenters. The van der Waals surface area contributed by atoms with Crippen LogP contribution in [0.3, 0.4) is 0 Å². The fourth-order valence-electron chi connectivity index (χ4n) is 2.20. The molecule has 0 saturated carbocycles. The fourth-order valence-corrected chi connectivity index (χ4v) is 2.20. The van der Waals surface area contributed by atoms with Crippen LogP contribution in [0.2, 0.25) is 0 Å². The molecule has 0 aromatic carbocycles. The summed E-state index contributed by atoms with van der Waals surface area (Å²) in [6.45, 7) is 6.53. The monoisotopic (exact) mass is 286 g/mol. The van der Waals surface area contributed by atoms with Crippen LogP contribution in [0.15, 0.2) is 22.9 Å². The van der Waals surface area contributed by atoms with Gasteiger partial charge < -0.3 is 9.26 Å². The number of rotatable bonds is 5. The Morgan fingerprint density at radius 3 is 2.86 bits per heavy atom. The van der Waals surface area contributed by atoms with Crippen LogP contribution in [-0.2, 0) is 6.54 Å². The number of nitrogens with zero attached hydrogens (tertiary/aromatic N) is 4. The zero-order valence-electron chi connectivity index (χ0n) is 12.6. The van der Waals surface area contributed by atoms with Gasteiger partial charge in [-0.1, -0.05) is 19.0 Å². The van der Waals surface area contributed by atoms with E-state index in [1.807, 2.05) is 20.0 Å². The molecule has 21 heavy (non-hydrogen) atoms. The van der Waals surface area contributed by atoms with Gasteiger partial charge >= 0.3 is 0 Å². The first-order valence-corrected chi connectivity index (χ1v) is 7.24. The van der Waals surface area contributed by atoms with Crippen molar-refractivity contribution in [3.05, 3.63) is 30.0 Å². The lowest BCUT2D eigenvalue weighted by atomic mass is 10.0. The van der Waals surface area contributed by atoms with Crippen molar-refractivity contribution in [3.63, 3.8) is 0 Å². The van der Waals surface area contributed by atoms with Crippen molar-refractivity contribution in [1.29, 1.82) is 0 Å². The second kappa shape index (κ2) is 5.85. The van der Waals surface area contributed by atoms with E-state index in [1.165, 1.54) is 0 Å². The molecule has 0 atom stereocenters. The van der Waals surface area contributed by atoms with Gasteiger partial charge in [-0.15, -0.1) is 0 Å². The Labute approximate surface area is 124 Å². The highest BCUT2D eigenvalue weighted by Crippen LogP contribution is 2.19. The summed E-state index contributed by atoms with van der Waals surface area (Å²) in [4.78, 5) is 10.8. The van der Waals surface area contributed by atoms with Gasteiger partial charge in [-0.05, 0) is 17.7 Å². The van der Waals surface area contributed by atoms with E-state index < -0.39 is 0 Å². The highest BCUT2D eigenvalue weighted by Gasteiger charge is 2.30. The molecule has 3 heterocycles. The van der Waals surface area contributed by atoms with Crippen molar-refractivity contribution >= 4 is 13.4 Å². The number of hydrogen-bond donors (Lipinski definition) is 0. The quantitative estimate of drug-likeness (QED) is 0.727. The molecule has 0 N–H and O–H groups in total. The van der Waals surface area contributed by atoms with E-state index in [4.69, 9.17) is 9.26 Å². The molecule has 0 aliphatic carbocycles. The van der Waals surface area contributed by atoms with Gasteiger partial charge in [-0.2, -0.15) is 4.98 Å². The molecule has 6 nitrogen and oxygen atoms in total. The Morgan fingerprint density at radius 2 is 2.24 bits per heavy atom. The number of aromatic nitrogens is 3. The highest BCUT2D eigenvalue weighted by atomic mass is 16.5. The summed E-state index contributed by atoms with van der Waals surface area (Å²) in [7, 11) is 1.96. The van der Waals surface area contributed by atoms with Crippen molar-refractivity contribution in [3.8, 4) is 5.75 Å². The molecule has 110 valence electrons. The zero-order valence-corrected chi connectivity index (χ0v) is 12.6. The van der Waals surface area contributed by atoms with Crippen molar-refractivity contribution < 1.29 is 9.26 Å². The number of hydrogen-bond acceptors (Lipinski definition) is 6. The third-order valence-corrected chi connectivity index (χ3v) is 3.47. The van der Waals surface area contributed by atoms with Gasteiger partial charge in [0.15, 0.2) is 13.7 Å². The molecule has 1 aliphatic heterocycles. The summed E-state index contributed by atoms with van der Waals surface area (Å²) in [6.07, 6.45) is 1.98. The average molecular weight is 286 g/mol. The van der Waals surface area contributed by atoms with Crippen LogP contribution in [-0.4, -0.2) is 47.1 Å². The van der Waals surface area contributed by atoms with Crippen molar-refractivity contribution in [1.82, 2.24) is 20.0 Å². The lowest BCUT2D eigenvalue weighted by Crippen LogP contribution is -2.53. The van der Waals surface area contributed by atoms with Gasteiger partial charge in [0, 0.05) is 19.0 Å². The summed E-state index contributed by atoms with van der Waals surface area (Å²) >= 11 is 0. The van der Waals surface area contributed by atoms with Crippen LogP contribution in [0.4, 0.5) is 0 Å². The standard InChI is InChI=1S/C14H19BN4O2/c1-9(2)14-17-13(21-18-14)8-19-6-11(7-19)20-10-3-4-12(15)16-5-10/h3-5,9,11H,6-8,15H2,1-2H3. The van der Waals surface area contributed by atoms with Crippen molar-refractivity contribution in [2.75, 3.05) is 13.1 Å². The third-order valence-electron chi connectivity index (χ3n) is 3.47. The van der Waals surface area contributed by atoms with E-state index in [9.17, 15) is 0 Å². The number of pyridine rings is 1. The van der Waals surface area contributed by atoms with Crippen molar-refractivity contribution in [2.24, 2.45) is 0 Å². The van der Waals surface area contributed by atoms with Gasteiger partial charge in [0.2, 0.25) is 5.89 Å². The molecule has 1 aliphatic rings. The summed E-state index contributed by atoms with van der Waals surface area (Å²) in [5.74, 6) is 2.56. The lowest BCUT2D eigenvalue weighted by molar-refractivity contribution is 0.00845. The molecule has 0 radical (unpaired) electrons. The zero-order chi connectivity index (χ0) is 14.8. The first-order chi connectivity index (χ1) is 10.1. The van der Waals surface area contributed by atoms with Gasteiger partial charge in [0.1, 0.15) is 11.9 Å². The predicted octanol–water partition coefficient (Wildman–Crippen LogP) is 0.110. The van der Waals surface area contributed by atoms with E-state index in [2.05, 4.69) is 33.9 Å². The topological polar surface area (TPSA) is 64.3 Å². The van der Waals surface area contributed by atoms with Crippen LogP contribution in [0.1, 0.15) is 31.5 Å². The molecule has 3 rings (SSSR count). The Kier molecular flexibility index (Phi) is 3.92. The van der Waals surface area contributed by atoms with Gasteiger partial charge in [-0.3, -0.25) is 9.88 Å². The molecule has 7 heteroatoms. The fraction of sp³-hybridized carbons (Fsp3) is 0.500. The minimum atomic E-state index is 0.210. The smallest absolute Gasteiger partial charge is 0.240 e. The van der Waals surface area contributed by atoms with E-state index in [0.717, 1.165) is 30.3 Å². The second-order valence-corrected chi connectivity index (χ2v) is 5.77. The number of likely N-dealkylation sites (tertiary alicyclic amines) is 1. The van der Waals surface area contributed by atoms with Crippen molar-refractivity contribution in [2.45, 2.75) is 32.4 Å². The molecule has 1 saturated heterocycles. The Hall–Kier alpha value is -1.89. The molecule has 2 aromatic rings. The largest absolute Gasteiger partial charge is 0.486 e. The van der Waals surface area contributed by atoms with E-state index in [1.54, 1.807) is 6.20 Å². The van der Waals surface area contributed by atoms with E-state index in [0.29, 0.717) is 18.4 Å². The maximum Gasteiger partial charge on any atom is 0.240 e. The molecule has 0 amide bonds. The van der Waals surface area contributed by atoms with Gasteiger partial charge in [-0.25, -0.2) is 0 Å². The van der Waals surface area contributed by atoms with E-state index in [-0.39, 0.29) is 6.10 Å². The van der Waals surface area contributed by atoms with Crippen LogP contribution in [0.25, 0.3) is 0 Å². The SMILES string of the molecule is Bc1ccc(OC2CN(Cc3nc(C(C)C)no3)C2)cn1. The van der Waals surface area contributed by atoms with Crippen LogP contribution in [0.5, 0.6) is 5.75 Å². The maximum absolute atomic E-state index is 5.85. The molecular weight excluding hydrogens is 267 g/mol. The Morgan fingerprint density at radius 1 is 1.43 bits per heavy atom. The Balaban J connectivity index is 1.46. The van der Waals surface area contributed by atoms with Gasteiger partial charge in [0.05, 0.1) is 12.7 Å². The predicted molar refractivity (Wildman–Crippen MR) is 80.5 cm³/mol. The first kappa shape index (κ1) is 14.1. The average Bonchev–Trinajstić information content (AvgIpc) is 2.87. The van der Waals surface area contributed by atoms with Crippen LogP contribution < -0.4 is 10.3 Å². The molecular formula is C14H19BN4O2. The first-order valence-electron chi connectivity index (χ1n) is 7.24. The summed E-state index contributed by atoms with van der Waals surface area (Å²) in [5.41, 5.74) is 0.995. The lowest BCUT2D eigenvalue weighted by Gasteiger charge is -2.37. The highest BCUT2D eigenvalue weighted by molar-refractivity contribution is 6.30. The molecule has 1 fully saturated rings. The molecule has 0 spiro atoms. The molecule has 2 aromatic heterocycles. The Bertz CT molecular complexity index is 593. The van der Waals surface area contributed by atoms with Crippen LogP contribution >= 0.6 is 0 Å². The minimum Gasteiger partial charge on any atom is -0.486 e. The summed E-state index contributed by atoms with van der Waals surface area (Å²) < 4.78 is 11.1. The third kappa shape index (κ3) is 3.42. The molecule has 0 bridgehead atoms.